The minimum Gasteiger partial charge on any atom is -0.485 e. The normalized spacial score (nSPS) is 11.9. The number of nitrogens with zero attached hydrogens (tertiary/aromatic N) is 2. The molecule has 3 aromatic heterocycles. The molecular formula is C42H38N4O12S3. The third kappa shape index (κ3) is 10.0. The number of nitrogens with one attached hydrogen (secondary N) is 2. The summed E-state index contributed by atoms with van der Waals surface area (Å²) in [4.78, 5) is 90.1. The molecule has 61 heavy (non-hydrogen) atoms. The first kappa shape index (κ1) is 43.9. The largest absolute Gasteiger partial charge is 0.485 e. The number of fused-ring (bicyclic) bond motifs is 1. The van der Waals surface area contributed by atoms with Gasteiger partial charge in [0.25, 0.3) is 11.8 Å². The average molecular weight is 887 g/mol. The first-order valence-corrected chi connectivity index (χ1v) is 21.3. The van der Waals surface area contributed by atoms with Gasteiger partial charge in [-0.2, -0.15) is 0 Å². The van der Waals surface area contributed by atoms with Crippen molar-refractivity contribution in [1.82, 2.24) is 0 Å². The highest BCUT2D eigenvalue weighted by Gasteiger charge is 2.33. The van der Waals surface area contributed by atoms with Crippen molar-refractivity contribution >= 4 is 102 Å². The number of rotatable bonds is 16. The molecule has 2 N–H and O–H groups in total. The third-order valence-corrected chi connectivity index (χ3v) is 11.3. The molecule has 316 valence electrons. The van der Waals surface area contributed by atoms with Gasteiger partial charge in [-0.25, -0.2) is 29.2 Å². The molecule has 0 radical (unpaired) electrons. The first-order valence-electron chi connectivity index (χ1n) is 18.8. The van der Waals surface area contributed by atoms with Crippen LogP contribution in [0.25, 0.3) is 0 Å². The van der Waals surface area contributed by atoms with Crippen LogP contribution in [0.1, 0.15) is 99.6 Å². The first-order chi connectivity index (χ1) is 29.6. The maximum absolute atomic E-state index is 13.4. The van der Waals surface area contributed by atoms with Crippen molar-refractivity contribution in [3.8, 4) is 11.5 Å². The molecule has 0 atom stereocenters. The van der Waals surface area contributed by atoms with Crippen LogP contribution in [0.5, 0.6) is 11.5 Å². The van der Waals surface area contributed by atoms with Crippen molar-refractivity contribution < 1.29 is 57.2 Å². The maximum Gasteiger partial charge on any atom is 0.342 e. The van der Waals surface area contributed by atoms with E-state index in [2.05, 4.69) is 20.6 Å². The summed E-state index contributed by atoms with van der Waals surface area (Å²) in [7, 11) is 0. The topological polar surface area (TPSA) is 207 Å². The number of benzene rings is 2. The molecule has 0 unspecified atom stereocenters. The molecule has 0 bridgehead atoms. The molecule has 6 rings (SSSR count). The highest BCUT2D eigenvalue weighted by Crippen LogP contribution is 2.46. The van der Waals surface area contributed by atoms with Gasteiger partial charge in [-0.3, -0.25) is 9.59 Å². The lowest BCUT2D eigenvalue weighted by Crippen LogP contribution is -2.17. The van der Waals surface area contributed by atoms with Gasteiger partial charge in [0.05, 0.1) is 36.2 Å². The Balaban J connectivity index is 1.42. The fourth-order valence-corrected chi connectivity index (χ4v) is 8.68. The van der Waals surface area contributed by atoms with Crippen molar-refractivity contribution in [3.63, 3.8) is 0 Å². The molecule has 16 nitrogen and oxygen atoms in total. The Morgan fingerprint density at radius 1 is 0.541 bits per heavy atom. The van der Waals surface area contributed by atoms with Crippen LogP contribution in [0.2, 0.25) is 0 Å². The minimum absolute atomic E-state index is 0.00878. The number of anilines is 2. The summed E-state index contributed by atoms with van der Waals surface area (Å²) < 4.78 is 33.2. The van der Waals surface area contributed by atoms with Gasteiger partial charge in [0.15, 0.2) is 11.5 Å². The van der Waals surface area contributed by atoms with Crippen molar-refractivity contribution in [2.45, 2.75) is 27.7 Å². The van der Waals surface area contributed by atoms with E-state index >= 15 is 0 Å². The molecule has 4 heterocycles. The standard InChI is InChI=1S/C42H38N4O12S3/c1-5-53-39(49)27-29(41(51)55-7-3)37(45-33(47)23-15-11-9-12-16-23)60-35(27)43-21-25-31-32(58-20-19-57-31)26(59-25)22-44-36-28(40(50)54-6-2)30(42(52)56-8-4)38(61-36)46-34(48)24-17-13-10-14-18-24/h9-18,21-22H,5-8,19-20H2,1-4H3,(H,45,47)(H,46,48)/b43-21+,44-22+. The second kappa shape index (κ2) is 20.5. The van der Waals surface area contributed by atoms with E-state index < -0.39 is 35.7 Å². The van der Waals surface area contributed by atoms with E-state index in [-0.39, 0.29) is 81.9 Å². The van der Waals surface area contributed by atoms with Gasteiger partial charge < -0.3 is 39.1 Å². The van der Waals surface area contributed by atoms with Gasteiger partial charge in [0.2, 0.25) is 0 Å². The van der Waals surface area contributed by atoms with Gasteiger partial charge >= 0.3 is 23.9 Å². The fraction of sp³-hybridized carbons (Fsp3) is 0.238. The van der Waals surface area contributed by atoms with Crippen LogP contribution < -0.4 is 20.1 Å². The number of hydrogen-bond acceptors (Lipinski definition) is 17. The second-order valence-corrected chi connectivity index (χ2v) is 15.3. The Bertz CT molecular complexity index is 2340. The monoisotopic (exact) mass is 886 g/mol. The summed E-state index contributed by atoms with van der Waals surface area (Å²) >= 11 is 2.88. The van der Waals surface area contributed by atoms with Crippen LogP contribution in [0.4, 0.5) is 20.0 Å². The zero-order chi connectivity index (χ0) is 43.5. The Labute approximate surface area is 361 Å². The third-order valence-electron chi connectivity index (χ3n) is 8.27. The van der Waals surface area contributed by atoms with Gasteiger partial charge in [0.1, 0.15) is 55.5 Å². The number of esters is 4. The van der Waals surface area contributed by atoms with Crippen molar-refractivity contribution in [2.24, 2.45) is 9.98 Å². The van der Waals surface area contributed by atoms with E-state index in [1.165, 1.54) is 12.4 Å². The van der Waals surface area contributed by atoms with Crippen LogP contribution in [0.15, 0.2) is 70.6 Å². The number of amides is 2. The summed E-state index contributed by atoms with van der Waals surface area (Å²) in [6.45, 7) is 6.79. The highest BCUT2D eigenvalue weighted by atomic mass is 32.1. The van der Waals surface area contributed by atoms with Gasteiger partial charge in [-0.15, -0.1) is 11.3 Å². The fourth-order valence-electron chi connectivity index (χ4n) is 5.71. The number of hydrogen-bond donors (Lipinski definition) is 2. The summed E-state index contributed by atoms with van der Waals surface area (Å²) in [6.07, 6.45) is 2.82. The van der Waals surface area contributed by atoms with Crippen LogP contribution >= 0.6 is 34.0 Å². The lowest BCUT2D eigenvalue weighted by atomic mass is 10.1. The van der Waals surface area contributed by atoms with E-state index in [4.69, 9.17) is 28.4 Å². The molecular weight excluding hydrogens is 849 g/mol. The summed E-state index contributed by atoms with van der Waals surface area (Å²) in [5, 5.41) is 5.56. The number of ether oxygens (including phenoxy) is 6. The molecule has 0 fully saturated rings. The lowest BCUT2D eigenvalue weighted by molar-refractivity contribution is 0.0481. The molecule has 0 saturated carbocycles. The molecule has 2 amide bonds. The summed E-state index contributed by atoms with van der Waals surface area (Å²) in [5.74, 6) is -3.89. The average Bonchev–Trinajstić information content (AvgIpc) is 3.94. The second-order valence-electron chi connectivity index (χ2n) is 12.2. The Morgan fingerprint density at radius 3 is 1.23 bits per heavy atom. The summed E-state index contributed by atoms with van der Waals surface area (Å²) in [5.41, 5.74) is -0.203. The SMILES string of the molecule is CCOC(=O)c1c(/N=C/c2sc(/C=N/c3sc(NC(=O)c4ccccc4)c(C(=O)OCC)c3C(=O)OCC)c3c2OCCO3)sc(NC(=O)c2ccccc2)c1C(=O)OCC. The van der Waals surface area contributed by atoms with Gasteiger partial charge in [0, 0.05) is 23.6 Å². The molecule has 2 aromatic carbocycles. The summed E-state index contributed by atoms with van der Waals surface area (Å²) in [6, 6.07) is 16.6. The minimum atomic E-state index is -0.861. The van der Waals surface area contributed by atoms with E-state index in [1.54, 1.807) is 88.4 Å². The zero-order valence-electron chi connectivity index (χ0n) is 33.2. The van der Waals surface area contributed by atoms with E-state index in [1.807, 2.05) is 0 Å². The van der Waals surface area contributed by atoms with Crippen molar-refractivity contribution in [2.75, 3.05) is 50.3 Å². The molecule has 0 saturated heterocycles. The number of thiophene rings is 3. The predicted octanol–water partition coefficient (Wildman–Crippen LogP) is 8.35. The van der Waals surface area contributed by atoms with E-state index in [9.17, 15) is 28.8 Å². The molecule has 0 spiro atoms. The molecule has 1 aliphatic heterocycles. The van der Waals surface area contributed by atoms with E-state index in [0.717, 1.165) is 34.0 Å². The molecule has 19 heteroatoms. The van der Waals surface area contributed by atoms with Crippen molar-refractivity contribution in [1.29, 1.82) is 0 Å². The molecule has 0 aliphatic carbocycles. The zero-order valence-corrected chi connectivity index (χ0v) is 35.6. The van der Waals surface area contributed by atoms with Gasteiger partial charge in [-0.05, 0) is 52.0 Å². The van der Waals surface area contributed by atoms with Crippen LogP contribution in [-0.2, 0) is 18.9 Å². The Kier molecular flexibility index (Phi) is 14.8. The number of aliphatic imine (C=N–C) groups is 2. The lowest BCUT2D eigenvalue weighted by Gasteiger charge is -2.15. The maximum atomic E-state index is 13.4. The predicted molar refractivity (Wildman–Crippen MR) is 231 cm³/mol. The van der Waals surface area contributed by atoms with Crippen LogP contribution in [0, 0.1) is 0 Å². The molecule has 1 aliphatic rings. The number of carbonyl (C=O) groups excluding carboxylic acids is 6. The Morgan fingerprint density at radius 2 is 0.885 bits per heavy atom. The molecule has 5 aromatic rings. The van der Waals surface area contributed by atoms with E-state index in [0.29, 0.717) is 32.4 Å². The smallest absolute Gasteiger partial charge is 0.342 e. The van der Waals surface area contributed by atoms with Crippen LogP contribution in [-0.4, -0.2) is 87.8 Å². The Hall–Kier alpha value is -6.70. The highest BCUT2D eigenvalue weighted by molar-refractivity contribution is 7.21. The quantitative estimate of drug-likeness (QED) is 0.0545. The van der Waals surface area contributed by atoms with Gasteiger partial charge in [-0.1, -0.05) is 59.1 Å². The van der Waals surface area contributed by atoms with Crippen LogP contribution in [0.3, 0.4) is 0 Å². The van der Waals surface area contributed by atoms with Crippen molar-refractivity contribution in [3.05, 3.63) is 104 Å². The number of carbonyl (C=O) groups is 6.